The molecule has 0 heterocycles. The Morgan fingerprint density at radius 2 is 2.09 bits per heavy atom. The van der Waals surface area contributed by atoms with Crippen LogP contribution in [0.15, 0.2) is 18.2 Å². The third kappa shape index (κ3) is 1.85. The van der Waals surface area contributed by atoms with Crippen LogP contribution in [-0.2, 0) is 0 Å². The van der Waals surface area contributed by atoms with Crippen molar-refractivity contribution in [2.24, 2.45) is 5.73 Å². The van der Waals surface area contributed by atoms with Gasteiger partial charge in [-0.2, -0.15) is 0 Å². The lowest BCUT2D eigenvalue weighted by atomic mass is 10.2. The Labute approximate surface area is 68.4 Å². The molecule has 0 spiro atoms. The summed E-state index contributed by atoms with van der Waals surface area (Å²) >= 11 is 5.53. The second-order valence-electron chi connectivity index (χ2n) is 2.06. The molecule has 1 rings (SSSR count). The van der Waals surface area contributed by atoms with Crippen LogP contribution in [0.1, 0.15) is 10.4 Å². The minimum Gasteiger partial charge on any atom is -0.508 e. The quantitative estimate of drug-likeness (QED) is 0.666. The second-order valence-corrected chi connectivity index (χ2v) is 2.50. The maximum absolute atomic E-state index is 10.6. The van der Waals surface area contributed by atoms with Crippen molar-refractivity contribution in [1.29, 1.82) is 0 Å². The van der Waals surface area contributed by atoms with Crippen LogP contribution in [0.3, 0.4) is 0 Å². The lowest BCUT2D eigenvalue weighted by molar-refractivity contribution is 0.1000. The molecule has 0 saturated carbocycles. The number of halogens is 1. The summed E-state index contributed by atoms with van der Waals surface area (Å²) in [5, 5.41) is 9.24. The van der Waals surface area contributed by atoms with Crippen LogP contribution in [0.5, 0.6) is 5.75 Å². The molecular weight excluding hydrogens is 166 g/mol. The van der Waals surface area contributed by atoms with Crippen LogP contribution in [0.4, 0.5) is 0 Å². The number of amides is 1. The van der Waals surface area contributed by atoms with Gasteiger partial charge in [0.05, 0.1) is 0 Å². The van der Waals surface area contributed by atoms with Crippen LogP contribution >= 0.6 is 11.6 Å². The minimum atomic E-state index is -0.609. The zero-order valence-electron chi connectivity index (χ0n) is 5.54. The predicted octanol–water partition coefficient (Wildman–Crippen LogP) is 1.14. The number of phenols is 1. The molecule has 1 aromatic carbocycles. The van der Waals surface area contributed by atoms with Crippen LogP contribution in [0, 0.1) is 0 Å². The third-order valence-corrected chi connectivity index (χ3v) is 1.39. The van der Waals surface area contributed by atoms with Gasteiger partial charge in [0.2, 0.25) is 5.91 Å². The van der Waals surface area contributed by atoms with E-state index in [4.69, 9.17) is 22.4 Å². The van der Waals surface area contributed by atoms with Crippen LogP contribution in [-0.4, -0.2) is 11.0 Å². The number of carbonyl (C=O) groups excluding carboxylic acids is 1. The average Bonchev–Trinajstić information content (AvgIpc) is 1.85. The largest absolute Gasteiger partial charge is 0.508 e. The molecule has 3 nitrogen and oxygen atoms in total. The first-order valence-corrected chi connectivity index (χ1v) is 3.27. The molecule has 0 radical (unpaired) electrons. The van der Waals surface area contributed by atoms with Crippen molar-refractivity contribution in [3.8, 4) is 5.75 Å². The first-order chi connectivity index (χ1) is 5.09. The van der Waals surface area contributed by atoms with E-state index in [1.54, 1.807) is 0 Å². The molecule has 0 bridgehead atoms. The molecule has 58 valence electrons. The molecule has 0 saturated heterocycles. The van der Waals surface area contributed by atoms with E-state index in [0.29, 0.717) is 5.02 Å². The van der Waals surface area contributed by atoms with Gasteiger partial charge < -0.3 is 10.8 Å². The number of hydrogen-bond acceptors (Lipinski definition) is 2. The number of nitrogens with two attached hydrogens (primary N) is 1. The number of rotatable bonds is 1. The number of phenolic OH excluding ortho intramolecular Hbond substituents is 1. The lowest BCUT2D eigenvalue weighted by Crippen LogP contribution is -2.10. The van der Waals surface area contributed by atoms with E-state index in [1.165, 1.54) is 18.2 Å². The summed E-state index contributed by atoms with van der Waals surface area (Å²) in [7, 11) is 0. The monoisotopic (exact) mass is 171 g/mol. The molecule has 0 aromatic heterocycles. The second kappa shape index (κ2) is 2.80. The molecule has 1 amide bonds. The summed E-state index contributed by atoms with van der Waals surface area (Å²) in [6, 6.07) is 3.98. The smallest absolute Gasteiger partial charge is 0.248 e. The van der Waals surface area contributed by atoms with Crippen molar-refractivity contribution < 1.29 is 9.90 Å². The topological polar surface area (TPSA) is 63.3 Å². The van der Waals surface area contributed by atoms with E-state index >= 15 is 0 Å². The van der Waals surface area contributed by atoms with Crippen LogP contribution < -0.4 is 5.73 Å². The summed E-state index contributed by atoms with van der Waals surface area (Å²) in [6.45, 7) is 0. The van der Waals surface area contributed by atoms with Gasteiger partial charge in [0.1, 0.15) is 5.75 Å². The van der Waals surface area contributed by atoms with E-state index in [1.807, 2.05) is 0 Å². The minimum absolute atomic E-state index is 0.0636. The van der Waals surface area contributed by atoms with Gasteiger partial charge in [-0.1, -0.05) is 11.6 Å². The Bertz CT molecular complexity index is 278. The Hall–Kier alpha value is -1.22. The Balaban J connectivity index is 3.19. The number of hydrogen-bond donors (Lipinski definition) is 2. The van der Waals surface area contributed by atoms with Gasteiger partial charge in [0.25, 0.3) is 0 Å². The van der Waals surface area contributed by atoms with Gasteiger partial charge in [-0.05, 0) is 18.2 Å². The maximum atomic E-state index is 10.6. The van der Waals surface area contributed by atoms with E-state index in [0.717, 1.165) is 0 Å². The molecule has 1 aromatic rings. The first kappa shape index (κ1) is 7.88. The van der Waals surface area contributed by atoms with Gasteiger partial charge in [0.15, 0.2) is 0 Å². The Kier molecular flexibility index (Phi) is 2.01. The van der Waals surface area contributed by atoms with Crippen molar-refractivity contribution >= 4 is 17.5 Å². The van der Waals surface area contributed by atoms with E-state index in [9.17, 15) is 4.79 Å². The zero-order valence-corrected chi connectivity index (χ0v) is 6.30. The highest BCUT2D eigenvalue weighted by atomic mass is 35.5. The van der Waals surface area contributed by atoms with Gasteiger partial charge in [0, 0.05) is 10.6 Å². The van der Waals surface area contributed by atoms with Crippen LogP contribution in [0.2, 0.25) is 5.02 Å². The van der Waals surface area contributed by atoms with Gasteiger partial charge >= 0.3 is 0 Å². The van der Waals surface area contributed by atoms with Crippen LogP contribution in [0.25, 0.3) is 0 Å². The highest BCUT2D eigenvalue weighted by molar-refractivity contribution is 6.31. The van der Waals surface area contributed by atoms with Gasteiger partial charge in [-0.25, -0.2) is 0 Å². The van der Waals surface area contributed by atoms with E-state index in [-0.39, 0.29) is 11.3 Å². The fourth-order valence-corrected chi connectivity index (χ4v) is 0.946. The highest BCUT2D eigenvalue weighted by Gasteiger charge is 2.02. The fourth-order valence-electron chi connectivity index (χ4n) is 0.716. The maximum Gasteiger partial charge on any atom is 0.248 e. The molecule has 0 aliphatic heterocycles. The summed E-state index contributed by atoms with van der Waals surface area (Å²) in [4.78, 5) is 10.6. The van der Waals surface area contributed by atoms with E-state index in [2.05, 4.69) is 0 Å². The summed E-state index contributed by atoms with van der Waals surface area (Å²) in [6.07, 6.45) is 0. The highest BCUT2D eigenvalue weighted by Crippen LogP contribution is 2.18. The van der Waals surface area contributed by atoms with Crippen molar-refractivity contribution in [2.45, 2.75) is 0 Å². The van der Waals surface area contributed by atoms with Crippen molar-refractivity contribution in [3.63, 3.8) is 0 Å². The molecule has 0 unspecified atom stereocenters. The Morgan fingerprint density at radius 3 is 2.55 bits per heavy atom. The molecule has 0 aliphatic carbocycles. The van der Waals surface area contributed by atoms with Crippen molar-refractivity contribution in [1.82, 2.24) is 0 Å². The number of aromatic hydroxyl groups is 1. The molecule has 0 fully saturated rings. The zero-order chi connectivity index (χ0) is 8.43. The number of carbonyl (C=O) groups is 1. The van der Waals surface area contributed by atoms with Gasteiger partial charge in [-0.3, -0.25) is 4.79 Å². The molecule has 3 N–H and O–H groups in total. The SMILES string of the molecule is NC(=O)c1cc(O)cc(Cl)c1. The first-order valence-electron chi connectivity index (χ1n) is 2.89. The van der Waals surface area contributed by atoms with Crippen molar-refractivity contribution in [3.05, 3.63) is 28.8 Å². The molecule has 0 atom stereocenters. The predicted molar refractivity (Wildman–Crippen MR) is 41.6 cm³/mol. The molecule has 4 heteroatoms. The number of benzene rings is 1. The standard InChI is InChI=1S/C7H6ClNO2/c8-5-1-4(7(9)11)2-6(10)3-5/h1-3,10H,(H2,9,11). The summed E-state index contributed by atoms with van der Waals surface area (Å²) in [5.74, 6) is -0.672. The van der Waals surface area contributed by atoms with E-state index < -0.39 is 5.91 Å². The average molecular weight is 172 g/mol. The summed E-state index contributed by atoms with van der Waals surface area (Å²) in [5.41, 5.74) is 5.15. The van der Waals surface area contributed by atoms with Crippen molar-refractivity contribution in [2.75, 3.05) is 0 Å². The lowest BCUT2D eigenvalue weighted by Gasteiger charge is -1.97. The Morgan fingerprint density at radius 1 is 1.45 bits per heavy atom. The number of primary amides is 1. The van der Waals surface area contributed by atoms with Gasteiger partial charge in [-0.15, -0.1) is 0 Å². The normalized spacial score (nSPS) is 9.55. The molecular formula is C7H6ClNO2. The molecule has 11 heavy (non-hydrogen) atoms. The third-order valence-electron chi connectivity index (χ3n) is 1.17. The fraction of sp³-hybridized carbons (Fsp3) is 0. The summed E-state index contributed by atoms with van der Waals surface area (Å²) < 4.78 is 0. The molecule has 0 aliphatic rings.